The van der Waals surface area contributed by atoms with E-state index in [0.717, 1.165) is 41.7 Å². The van der Waals surface area contributed by atoms with E-state index in [-0.39, 0.29) is 11.9 Å². The fourth-order valence-electron chi connectivity index (χ4n) is 4.24. The zero-order valence-corrected chi connectivity index (χ0v) is 19.0. The number of carbonyl (C=O) groups is 2. The van der Waals surface area contributed by atoms with E-state index in [1.807, 2.05) is 12.1 Å². The monoisotopic (exact) mass is 453 g/mol. The molecule has 4 heterocycles. The van der Waals surface area contributed by atoms with Crippen molar-refractivity contribution in [2.24, 2.45) is 5.92 Å². The van der Waals surface area contributed by atoms with Gasteiger partial charge < -0.3 is 20.6 Å². The summed E-state index contributed by atoms with van der Waals surface area (Å²) in [6, 6.07) is 7.42. The summed E-state index contributed by atoms with van der Waals surface area (Å²) in [4.78, 5) is 36.2. The average Bonchev–Trinajstić information content (AvgIpc) is 3.15. The number of rotatable bonds is 6. The maximum absolute atomic E-state index is 13.0. The molecule has 1 aliphatic heterocycles. The number of carbonyl (C=O) groups excluding carboxylic acids is 1. The Balaban J connectivity index is 1.54. The molecule has 0 aliphatic carbocycles. The molecular weight excluding hydrogens is 426 g/mol. The predicted molar refractivity (Wildman–Crippen MR) is 127 cm³/mol. The van der Waals surface area contributed by atoms with Crippen LogP contribution in [0.4, 0.5) is 16.2 Å². The molecule has 168 valence electrons. The number of hydrogen-bond acceptors (Lipinski definition) is 6. The Morgan fingerprint density at radius 2 is 2.12 bits per heavy atom. The molecule has 3 aromatic rings. The van der Waals surface area contributed by atoms with Gasteiger partial charge in [0.15, 0.2) is 0 Å². The first-order valence-corrected chi connectivity index (χ1v) is 11.6. The molecule has 3 N–H and O–H groups in total. The first-order valence-electron chi connectivity index (χ1n) is 10.8. The lowest BCUT2D eigenvalue weighted by Gasteiger charge is -2.38. The van der Waals surface area contributed by atoms with Crippen LogP contribution in [0.3, 0.4) is 0 Å². The van der Waals surface area contributed by atoms with Crippen LogP contribution in [0.2, 0.25) is 0 Å². The van der Waals surface area contributed by atoms with Crippen molar-refractivity contribution in [2.75, 3.05) is 23.3 Å². The van der Waals surface area contributed by atoms with Gasteiger partial charge >= 0.3 is 6.09 Å². The summed E-state index contributed by atoms with van der Waals surface area (Å²) in [6.07, 6.45) is 5.13. The third-order valence-electron chi connectivity index (χ3n) is 5.53. The van der Waals surface area contributed by atoms with Gasteiger partial charge in [0.25, 0.3) is 5.91 Å². The number of aryl methyl sites for hydroxylation is 1. The highest BCUT2D eigenvalue weighted by atomic mass is 32.1. The molecule has 2 amide bonds. The smallest absolute Gasteiger partial charge is 0.404 e. The van der Waals surface area contributed by atoms with Gasteiger partial charge in [-0.15, -0.1) is 11.3 Å². The van der Waals surface area contributed by atoms with Gasteiger partial charge in [0.1, 0.15) is 5.69 Å². The number of piperidine rings is 1. The summed E-state index contributed by atoms with van der Waals surface area (Å²) in [7, 11) is 0. The largest absolute Gasteiger partial charge is 0.465 e. The Kier molecular flexibility index (Phi) is 6.55. The fraction of sp³-hybridized carbons (Fsp3) is 0.391. The van der Waals surface area contributed by atoms with Crippen LogP contribution in [0.1, 0.15) is 42.1 Å². The van der Waals surface area contributed by atoms with E-state index < -0.39 is 6.09 Å². The lowest BCUT2D eigenvalue weighted by Crippen LogP contribution is -2.50. The molecule has 8 nitrogen and oxygen atoms in total. The topological polar surface area (TPSA) is 107 Å². The summed E-state index contributed by atoms with van der Waals surface area (Å²) in [5.41, 5.74) is 2.59. The number of nitrogens with zero attached hydrogens (tertiary/aromatic N) is 3. The molecule has 0 radical (unpaired) electrons. The van der Waals surface area contributed by atoms with Gasteiger partial charge in [-0.05, 0) is 43.0 Å². The Labute approximate surface area is 190 Å². The maximum atomic E-state index is 13.0. The number of aromatic nitrogens is 2. The molecule has 0 spiro atoms. The third-order valence-corrected chi connectivity index (χ3v) is 6.68. The normalized spacial score (nSPS) is 18.5. The highest BCUT2D eigenvalue weighted by Crippen LogP contribution is 2.30. The number of amides is 2. The number of hydrogen-bond donors (Lipinski definition) is 3. The summed E-state index contributed by atoms with van der Waals surface area (Å²) < 4.78 is 1.08. The molecule has 32 heavy (non-hydrogen) atoms. The molecule has 1 aliphatic rings. The van der Waals surface area contributed by atoms with Crippen LogP contribution in [0.5, 0.6) is 0 Å². The molecule has 0 aromatic carbocycles. The van der Waals surface area contributed by atoms with Gasteiger partial charge in [-0.25, -0.2) is 9.78 Å². The van der Waals surface area contributed by atoms with Gasteiger partial charge in [-0.1, -0.05) is 20.3 Å². The molecule has 1 saturated heterocycles. The molecule has 4 rings (SSSR count). The number of pyridine rings is 2. The van der Waals surface area contributed by atoms with E-state index in [1.54, 1.807) is 29.8 Å². The number of nitrogens with one attached hydrogen (secondary N) is 2. The highest BCUT2D eigenvalue weighted by molar-refractivity contribution is 7.19. The first-order chi connectivity index (χ1) is 15.4. The third kappa shape index (κ3) is 4.99. The van der Waals surface area contributed by atoms with Crippen molar-refractivity contribution in [1.29, 1.82) is 0 Å². The number of fused-ring (bicyclic) bond motifs is 1. The van der Waals surface area contributed by atoms with Gasteiger partial charge in [-0.3, -0.25) is 9.78 Å². The first kappa shape index (κ1) is 22.0. The van der Waals surface area contributed by atoms with Crippen LogP contribution in [0.25, 0.3) is 10.2 Å². The van der Waals surface area contributed by atoms with E-state index in [0.29, 0.717) is 23.8 Å². The summed E-state index contributed by atoms with van der Waals surface area (Å²) >= 11 is 1.71. The van der Waals surface area contributed by atoms with Crippen molar-refractivity contribution in [3.63, 3.8) is 0 Å². The molecule has 0 saturated carbocycles. The average molecular weight is 454 g/mol. The SMILES string of the molecule is CCCc1cc2nc(C(=O)Nc3cnccc3N3C[C@H](C)C[C@H](NC(=O)O)C3)ccc2s1. The zero-order valence-electron chi connectivity index (χ0n) is 18.2. The van der Waals surface area contributed by atoms with Crippen molar-refractivity contribution in [3.05, 3.63) is 47.2 Å². The van der Waals surface area contributed by atoms with Gasteiger partial charge in [-0.2, -0.15) is 0 Å². The second-order valence-electron chi connectivity index (χ2n) is 8.28. The Morgan fingerprint density at radius 3 is 2.91 bits per heavy atom. The summed E-state index contributed by atoms with van der Waals surface area (Å²) in [5, 5.41) is 14.7. The van der Waals surface area contributed by atoms with Crippen molar-refractivity contribution in [3.8, 4) is 0 Å². The van der Waals surface area contributed by atoms with Crippen LogP contribution in [0, 0.1) is 5.92 Å². The molecular formula is C23H27N5O3S. The van der Waals surface area contributed by atoms with E-state index >= 15 is 0 Å². The number of thiophene rings is 1. The van der Waals surface area contributed by atoms with E-state index in [4.69, 9.17) is 5.11 Å². The van der Waals surface area contributed by atoms with E-state index in [2.05, 4.69) is 45.4 Å². The summed E-state index contributed by atoms with van der Waals surface area (Å²) in [6.45, 7) is 5.53. The minimum atomic E-state index is -1.02. The predicted octanol–water partition coefficient (Wildman–Crippen LogP) is 4.38. The van der Waals surface area contributed by atoms with Crippen molar-refractivity contribution in [2.45, 2.75) is 39.2 Å². The Bertz CT molecular complexity index is 1130. The fourth-order valence-corrected chi connectivity index (χ4v) is 5.35. The minimum absolute atomic E-state index is 0.173. The quantitative estimate of drug-likeness (QED) is 0.511. The van der Waals surface area contributed by atoms with Gasteiger partial charge in [0.05, 0.1) is 27.8 Å². The number of anilines is 2. The molecule has 9 heteroatoms. The second-order valence-corrected chi connectivity index (χ2v) is 9.45. The highest BCUT2D eigenvalue weighted by Gasteiger charge is 2.27. The molecule has 0 unspecified atom stereocenters. The van der Waals surface area contributed by atoms with Crippen molar-refractivity contribution < 1.29 is 14.7 Å². The van der Waals surface area contributed by atoms with E-state index in [9.17, 15) is 9.59 Å². The lowest BCUT2D eigenvalue weighted by atomic mass is 9.95. The number of carboxylic acid groups (broad SMARTS) is 1. The second kappa shape index (κ2) is 9.52. The van der Waals surface area contributed by atoms with Gasteiger partial charge in [0.2, 0.25) is 0 Å². The standard InChI is InChI=1S/C23H27N5O3S/c1-3-4-16-10-18-21(32-16)6-5-17(26-18)22(29)27-19-11-24-8-7-20(19)28-12-14(2)9-15(13-28)25-23(30)31/h5-8,10-11,14-15,25H,3-4,9,12-13H2,1-2H3,(H,27,29)(H,30,31)/t14-,15+/m1/s1. The minimum Gasteiger partial charge on any atom is -0.465 e. The van der Waals surface area contributed by atoms with E-state index in [1.165, 1.54) is 4.88 Å². The Hall–Kier alpha value is -3.20. The molecule has 2 atom stereocenters. The molecule has 3 aromatic heterocycles. The van der Waals surface area contributed by atoms with Crippen LogP contribution in [-0.2, 0) is 6.42 Å². The van der Waals surface area contributed by atoms with Crippen LogP contribution >= 0.6 is 11.3 Å². The van der Waals surface area contributed by atoms with Crippen LogP contribution in [-0.4, -0.2) is 46.2 Å². The van der Waals surface area contributed by atoms with Crippen LogP contribution in [0.15, 0.2) is 36.7 Å². The molecule has 1 fully saturated rings. The zero-order chi connectivity index (χ0) is 22.7. The lowest BCUT2D eigenvalue weighted by molar-refractivity contribution is 0.102. The summed E-state index contributed by atoms with van der Waals surface area (Å²) in [5.74, 6) is 0.00644. The van der Waals surface area contributed by atoms with Gasteiger partial charge in [0, 0.05) is 30.2 Å². The molecule has 0 bridgehead atoms. The maximum Gasteiger partial charge on any atom is 0.404 e. The van der Waals surface area contributed by atoms with Crippen molar-refractivity contribution in [1.82, 2.24) is 15.3 Å². The van der Waals surface area contributed by atoms with Crippen LogP contribution < -0.4 is 15.5 Å². The van der Waals surface area contributed by atoms with Crippen molar-refractivity contribution >= 4 is 44.9 Å². The Morgan fingerprint density at radius 1 is 1.28 bits per heavy atom.